The number of halogens is 1. The van der Waals surface area contributed by atoms with Gasteiger partial charge in [0, 0.05) is 24.2 Å². The molecule has 2 aliphatic rings. The van der Waals surface area contributed by atoms with Crippen LogP contribution in [0.5, 0.6) is 11.5 Å². The highest BCUT2D eigenvalue weighted by Crippen LogP contribution is 2.75. The number of hydrogen-bond donors (Lipinski definition) is 1. The van der Waals surface area contributed by atoms with Crippen LogP contribution in [-0.2, 0) is 10.0 Å². The van der Waals surface area contributed by atoms with Crippen molar-refractivity contribution in [3.8, 4) is 17.2 Å². The molecule has 186 valence electrons. The summed E-state index contributed by atoms with van der Waals surface area (Å²) in [5.41, 5.74) is 0.823. The molecule has 0 amide bonds. The molecule has 12 heteroatoms. The number of benzene rings is 1. The SMILES string of the molecule is COc1cccc(OC)c1-n1c(NS(=O)(=O)C(C)C(C)c2ncc(Cl)cn2)nnc1[C@@H]1CC12CC2. The third kappa shape index (κ3) is 4.20. The third-order valence-electron chi connectivity index (χ3n) is 7.18. The largest absolute Gasteiger partial charge is 0.494 e. The van der Waals surface area contributed by atoms with E-state index in [4.69, 9.17) is 21.1 Å². The molecule has 3 atom stereocenters. The molecule has 3 aromatic rings. The lowest BCUT2D eigenvalue weighted by molar-refractivity contribution is 0.390. The molecule has 1 N–H and O–H groups in total. The van der Waals surface area contributed by atoms with Gasteiger partial charge in [0.25, 0.3) is 0 Å². The average Bonchev–Trinajstić information content (AvgIpc) is 3.75. The monoisotopic (exact) mass is 518 g/mol. The normalized spacial score (nSPS) is 19.7. The van der Waals surface area contributed by atoms with Gasteiger partial charge in [-0.15, -0.1) is 10.2 Å². The Morgan fingerprint density at radius 3 is 2.29 bits per heavy atom. The smallest absolute Gasteiger partial charge is 0.243 e. The molecule has 0 radical (unpaired) electrons. The van der Waals surface area contributed by atoms with E-state index in [0.29, 0.717) is 33.9 Å². The van der Waals surface area contributed by atoms with Crippen LogP contribution in [0.2, 0.25) is 5.02 Å². The van der Waals surface area contributed by atoms with Gasteiger partial charge in [0.15, 0.2) is 0 Å². The molecule has 2 unspecified atom stereocenters. The van der Waals surface area contributed by atoms with Gasteiger partial charge in [-0.1, -0.05) is 24.6 Å². The molecule has 5 rings (SSSR count). The molecule has 2 fully saturated rings. The second-order valence-corrected chi connectivity index (χ2v) is 11.7. The zero-order valence-corrected chi connectivity index (χ0v) is 21.5. The first-order chi connectivity index (χ1) is 16.7. The maximum absolute atomic E-state index is 13.5. The molecule has 0 aliphatic heterocycles. The molecular formula is C23H27ClN6O4S. The van der Waals surface area contributed by atoms with E-state index in [1.165, 1.54) is 12.4 Å². The van der Waals surface area contributed by atoms with Crippen molar-refractivity contribution in [2.24, 2.45) is 5.41 Å². The highest BCUT2D eigenvalue weighted by Gasteiger charge is 2.65. The molecule has 10 nitrogen and oxygen atoms in total. The summed E-state index contributed by atoms with van der Waals surface area (Å²) in [7, 11) is -0.799. The number of methoxy groups -OCH3 is 2. The first kappa shape index (κ1) is 23.8. The summed E-state index contributed by atoms with van der Waals surface area (Å²) >= 11 is 5.88. The Hall–Kier alpha value is -2.92. The summed E-state index contributed by atoms with van der Waals surface area (Å²) in [4.78, 5) is 8.37. The molecule has 1 spiro atoms. The quantitative estimate of drug-likeness (QED) is 0.452. The lowest BCUT2D eigenvalue weighted by Gasteiger charge is -2.21. The fraction of sp³-hybridized carbons (Fsp3) is 0.478. The van der Waals surface area contributed by atoms with E-state index < -0.39 is 21.2 Å². The van der Waals surface area contributed by atoms with Gasteiger partial charge in [-0.05, 0) is 43.7 Å². The minimum Gasteiger partial charge on any atom is -0.494 e. The molecule has 0 bridgehead atoms. The highest BCUT2D eigenvalue weighted by molar-refractivity contribution is 7.93. The minimum absolute atomic E-state index is 0.0848. The van der Waals surface area contributed by atoms with E-state index in [1.54, 1.807) is 44.8 Å². The molecule has 2 saturated carbocycles. The number of para-hydroxylation sites is 1. The van der Waals surface area contributed by atoms with Crippen molar-refractivity contribution in [1.82, 2.24) is 24.7 Å². The van der Waals surface area contributed by atoms with Crippen LogP contribution in [0.1, 0.15) is 56.6 Å². The van der Waals surface area contributed by atoms with Crippen molar-refractivity contribution < 1.29 is 17.9 Å². The van der Waals surface area contributed by atoms with Crippen LogP contribution in [0.25, 0.3) is 5.69 Å². The van der Waals surface area contributed by atoms with Crippen molar-refractivity contribution in [3.05, 3.63) is 47.3 Å². The van der Waals surface area contributed by atoms with Crippen LogP contribution >= 0.6 is 11.6 Å². The zero-order valence-electron chi connectivity index (χ0n) is 19.9. The Balaban J connectivity index is 1.54. The van der Waals surface area contributed by atoms with Crippen LogP contribution in [0.3, 0.4) is 0 Å². The number of ether oxygens (including phenoxy) is 2. The van der Waals surface area contributed by atoms with Crippen molar-refractivity contribution in [2.45, 2.75) is 50.2 Å². The first-order valence-electron chi connectivity index (χ1n) is 11.4. The number of nitrogens with one attached hydrogen (secondary N) is 1. The number of nitrogens with zero attached hydrogens (tertiary/aromatic N) is 5. The van der Waals surface area contributed by atoms with Crippen molar-refractivity contribution in [2.75, 3.05) is 18.9 Å². The zero-order chi connectivity index (χ0) is 25.0. The number of anilines is 1. The van der Waals surface area contributed by atoms with Crippen LogP contribution in [0, 0.1) is 5.41 Å². The summed E-state index contributed by atoms with van der Waals surface area (Å²) in [5, 5.41) is 8.22. The van der Waals surface area contributed by atoms with Gasteiger partial charge in [-0.3, -0.25) is 9.29 Å². The number of sulfonamides is 1. The van der Waals surface area contributed by atoms with E-state index in [0.717, 1.165) is 19.3 Å². The second-order valence-electron chi connectivity index (χ2n) is 9.25. The van der Waals surface area contributed by atoms with Gasteiger partial charge in [0.2, 0.25) is 16.0 Å². The molecule has 2 aliphatic carbocycles. The van der Waals surface area contributed by atoms with E-state index in [-0.39, 0.29) is 17.3 Å². The van der Waals surface area contributed by atoms with Gasteiger partial charge in [0.1, 0.15) is 28.8 Å². The van der Waals surface area contributed by atoms with Gasteiger partial charge in [-0.25, -0.2) is 18.4 Å². The third-order valence-corrected chi connectivity index (χ3v) is 9.23. The van der Waals surface area contributed by atoms with E-state index in [1.807, 2.05) is 6.07 Å². The topological polar surface area (TPSA) is 121 Å². The predicted molar refractivity (Wildman–Crippen MR) is 131 cm³/mol. The van der Waals surface area contributed by atoms with Gasteiger partial charge >= 0.3 is 0 Å². The maximum atomic E-state index is 13.5. The van der Waals surface area contributed by atoms with E-state index >= 15 is 0 Å². The lowest BCUT2D eigenvalue weighted by Crippen LogP contribution is -2.31. The van der Waals surface area contributed by atoms with Gasteiger partial charge in [-0.2, -0.15) is 0 Å². The van der Waals surface area contributed by atoms with Crippen molar-refractivity contribution in [3.63, 3.8) is 0 Å². The Bertz CT molecular complexity index is 1330. The molecule has 1 aromatic carbocycles. The van der Waals surface area contributed by atoms with Crippen LogP contribution in [-0.4, -0.2) is 52.6 Å². The lowest BCUT2D eigenvalue weighted by atomic mass is 10.1. The number of hydrogen-bond acceptors (Lipinski definition) is 8. The second kappa shape index (κ2) is 8.63. The molecule has 35 heavy (non-hydrogen) atoms. The van der Waals surface area contributed by atoms with Gasteiger partial charge in [0.05, 0.1) is 24.5 Å². The van der Waals surface area contributed by atoms with Crippen molar-refractivity contribution >= 4 is 27.6 Å². The molecular weight excluding hydrogens is 492 g/mol. The fourth-order valence-corrected chi connectivity index (χ4v) is 5.87. The summed E-state index contributed by atoms with van der Waals surface area (Å²) in [6.07, 6.45) is 6.20. The minimum atomic E-state index is -3.91. The number of aromatic nitrogens is 5. The van der Waals surface area contributed by atoms with Crippen LogP contribution < -0.4 is 14.2 Å². The summed E-state index contributed by atoms with van der Waals surface area (Å²) in [5.74, 6) is 1.92. The van der Waals surface area contributed by atoms with Crippen LogP contribution in [0.15, 0.2) is 30.6 Å². The average molecular weight is 519 g/mol. The Kier molecular flexibility index (Phi) is 5.87. The van der Waals surface area contributed by atoms with Crippen molar-refractivity contribution in [1.29, 1.82) is 0 Å². The molecule has 2 heterocycles. The fourth-order valence-electron chi connectivity index (χ4n) is 4.54. The summed E-state index contributed by atoms with van der Waals surface area (Å²) in [6, 6.07) is 5.40. The molecule has 0 saturated heterocycles. The Morgan fingerprint density at radius 1 is 1.11 bits per heavy atom. The standard InChI is InChI=1S/C23H27ClN6O4S/c1-13(20-25-11-15(24)12-26-20)14(2)35(31,32)29-22-28-27-21(16-10-23(16)8-9-23)30(22)19-17(33-3)6-5-7-18(19)34-4/h5-7,11-14,16H,8-10H2,1-4H3,(H,28,29)/t13?,14?,16-/m0/s1. The summed E-state index contributed by atoms with van der Waals surface area (Å²) < 4.78 is 42.6. The highest BCUT2D eigenvalue weighted by atomic mass is 35.5. The van der Waals surface area contributed by atoms with Crippen LogP contribution in [0.4, 0.5) is 5.95 Å². The first-order valence-corrected chi connectivity index (χ1v) is 13.3. The van der Waals surface area contributed by atoms with E-state index in [9.17, 15) is 8.42 Å². The maximum Gasteiger partial charge on any atom is 0.243 e. The Morgan fingerprint density at radius 2 is 1.74 bits per heavy atom. The predicted octanol–water partition coefficient (Wildman–Crippen LogP) is 3.93. The van der Waals surface area contributed by atoms with Gasteiger partial charge < -0.3 is 9.47 Å². The molecule has 2 aromatic heterocycles. The Labute approximate surface area is 209 Å². The van der Waals surface area contributed by atoms with E-state index in [2.05, 4.69) is 24.9 Å². The number of rotatable bonds is 9. The summed E-state index contributed by atoms with van der Waals surface area (Å²) in [6.45, 7) is 3.37.